The molecule has 1 saturated carbocycles. The van der Waals surface area contributed by atoms with Crippen LogP contribution in [0.5, 0.6) is 0 Å². The molecule has 1 aliphatic rings. The van der Waals surface area contributed by atoms with Gasteiger partial charge in [-0.2, -0.15) is 11.8 Å². The van der Waals surface area contributed by atoms with Gasteiger partial charge in [-0.05, 0) is 36.3 Å². The zero-order valence-corrected chi connectivity index (χ0v) is 13.3. The van der Waals surface area contributed by atoms with E-state index in [0.29, 0.717) is 11.3 Å². The van der Waals surface area contributed by atoms with Crippen LogP contribution in [-0.2, 0) is 6.54 Å². The second kappa shape index (κ2) is 6.42. The van der Waals surface area contributed by atoms with Crippen LogP contribution in [0.3, 0.4) is 0 Å². The van der Waals surface area contributed by atoms with Gasteiger partial charge < -0.3 is 9.73 Å². The van der Waals surface area contributed by atoms with E-state index in [4.69, 9.17) is 16.0 Å². The van der Waals surface area contributed by atoms with E-state index in [2.05, 4.69) is 30.1 Å². The number of nitrogens with one attached hydrogen (secondary N) is 1. The summed E-state index contributed by atoms with van der Waals surface area (Å²) in [5.74, 6) is 1.19. The first-order valence-corrected chi connectivity index (χ1v) is 8.73. The topological polar surface area (TPSA) is 25.2 Å². The molecule has 20 heavy (non-hydrogen) atoms. The molecule has 3 rings (SSSR count). The van der Waals surface area contributed by atoms with Gasteiger partial charge in [0, 0.05) is 28.8 Å². The summed E-state index contributed by atoms with van der Waals surface area (Å²) in [5.41, 5.74) is 1.97. The van der Waals surface area contributed by atoms with Gasteiger partial charge in [0.05, 0.1) is 0 Å². The van der Waals surface area contributed by atoms with Crippen LogP contribution in [0.15, 0.2) is 28.7 Å². The van der Waals surface area contributed by atoms with Crippen molar-refractivity contribution in [2.45, 2.75) is 44.0 Å². The summed E-state index contributed by atoms with van der Waals surface area (Å²) in [5, 5.41) is 6.09. The normalized spacial score (nSPS) is 22.7. The van der Waals surface area contributed by atoms with Crippen LogP contribution >= 0.6 is 23.4 Å². The molecule has 2 unspecified atom stereocenters. The Morgan fingerprint density at radius 2 is 2.20 bits per heavy atom. The van der Waals surface area contributed by atoms with Crippen LogP contribution in [0.2, 0.25) is 5.22 Å². The van der Waals surface area contributed by atoms with Crippen molar-refractivity contribution < 1.29 is 4.42 Å². The highest BCUT2D eigenvalue weighted by atomic mass is 35.5. The van der Waals surface area contributed by atoms with Gasteiger partial charge in [0.1, 0.15) is 5.58 Å². The van der Waals surface area contributed by atoms with E-state index in [9.17, 15) is 0 Å². The Morgan fingerprint density at radius 3 is 3.05 bits per heavy atom. The van der Waals surface area contributed by atoms with E-state index in [1.54, 1.807) is 0 Å². The van der Waals surface area contributed by atoms with Gasteiger partial charge in [0.25, 0.3) is 0 Å². The Balaban J connectivity index is 1.72. The molecule has 0 aliphatic heterocycles. The maximum atomic E-state index is 6.24. The molecule has 2 atom stereocenters. The van der Waals surface area contributed by atoms with Crippen LogP contribution in [0.4, 0.5) is 0 Å². The van der Waals surface area contributed by atoms with Crippen molar-refractivity contribution in [1.82, 2.24) is 5.32 Å². The van der Waals surface area contributed by atoms with E-state index < -0.39 is 0 Å². The van der Waals surface area contributed by atoms with Crippen molar-refractivity contribution in [3.8, 4) is 0 Å². The minimum Gasteiger partial charge on any atom is -0.444 e. The predicted octanol–water partition coefficient (Wildman–Crippen LogP) is 4.85. The third kappa shape index (κ3) is 2.85. The number of thioether (sulfide) groups is 1. The lowest BCUT2D eigenvalue weighted by atomic mass is 10.1. The summed E-state index contributed by atoms with van der Waals surface area (Å²) < 4.78 is 5.61. The number of benzene rings is 1. The molecule has 0 radical (unpaired) electrons. The molecule has 1 fully saturated rings. The molecular weight excluding hydrogens is 290 g/mol. The van der Waals surface area contributed by atoms with Crippen LogP contribution < -0.4 is 5.32 Å². The molecule has 2 aromatic rings. The quantitative estimate of drug-likeness (QED) is 0.854. The van der Waals surface area contributed by atoms with Crippen molar-refractivity contribution in [1.29, 1.82) is 0 Å². The number of furan rings is 1. The molecule has 4 heteroatoms. The Hall–Kier alpha value is -0.640. The lowest BCUT2D eigenvalue weighted by Gasteiger charge is -2.20. The lowest BCUT2D eigenvalue weighted by Crippen LogP contribution is -2.33. The molecule has 1 aromatic carbocycles. The van der Waals surface area contributed by atoms with Crippen molar-refractivity contribution in [2.24, 2.45) is 0 Å². The molecule has 1 N–H and O–H groups in total. The number of halogens is 1. The first kappa shape index (κ1) is 14.3. The summed E-state index contributed by atoms with van der Waals surface area (Å²) in [6, 6.07) is 8.66. The number of para-hydroxylation sites is 1. The zero-order chi connectivity index (χ0) is 13.9. The molecule has 1 aromatic heterocycles. The fraction of sp³-hybridized carbons (Fsp3) is 0.500. The number of hydrogen-bond acceptors (Lipinski definition) is 3. The minimum atomic E-state index is 0.524. The smallest absolute Gasteiger partial charge is 0.199 e. The van der Waals surface area contributed by atoms with Gasteiger partial charge >= 0.3 is 0 Å². The number of fused-ring (bicyclic) bond motifs is 1. The second-order valence-corrected chi connectivity index (χ2v) is 7.12. The number of rotatable bonds is 5. The lowest BCUT2D eigenvalue weighted by molar-refractivity contribution is 0.527. The van der Waals surface area contributed by atoms with Crippen LogP contribution in [-0.4, -0.2) is 17.0 Å². The third-order valence-electron chi connectivity index (χ3n) is 4.02. The SMILES string of the molecule is CCSC1CCCC1NCc1c(Cl)oc2ccccc12. The second-order valence-electron chi connectivity index (χ2n) is 5.26. The van der Waals surface area contributed by atoms with E-state index in [1.165, 1.54) is 25.0 Å². The Bertz CT molecular complexity index is 583. The fourth-order valence-electron chi connectivity index (χ4n) is 3.04. The van der Waals surface area contributed by atoms with Crippen LogP contribution in [0, 0.1) is 0 Å². The van der Waals surface area contributed by atoms with Gasteiger partial charge in [-0.3, -0.25) is 0 Å². The average molecular weight is 310 g/mol. The van der Waals surface area contributed by atoms with E-state index in [1.807, 2.05) is 18.2 Å². The Kier molecular flexibility index (Phi) is 4.59. The molecule has 108 valence electrons. The van der Waals surface area contributed by atoms with E-state index >= 15 is 0 Å². The maximum Gasteiger partial charge on any atom is 0.199 e. The summed E-state index contributed by atoms with van der Waals surface area (Å²) in [6.07, 6.45) is 3.93. The summed E-state index contributed by atoms with van der Waals surface area (Å²) in [7, 11) is 0. The fourth-order valence-corrected chi connectivity index (χ4v) is 4.52. The molecular formula is C16H20ClNOS. The monoisotopic (exact) mass is 309 g/mol. The largest absolute Gasteiger partial charge is 0.444 e. The standard InChI is InChI=1S/C16H20ClNOS/c1-2-20-15-9-5-7-13(15)18-10-12-11-6-3-4-8-14(11)19-16(12)17/h3-4,6,8,13,15,18H,2,5,7,9-10H2,1H3. The van der Waals surface area contributed by atoms with Crippen molar-refractivity contribution in [3.63, 3.8) is 0 Å². The van der Waals surface area contributed by atoms with Crippen LogP contribution in [0.25, 0.3) is 11.0 Å². The molecule has 2 nitrogen and oxygen atoms in total. The van der Waals surface area contributed by atoms with Gasteiger partial charge in [-0.1, -0.05) is 31.5 Å². The average Bonchev–Trinajstić information content (AvgIpc) is 3.01. The first-order chi connectivity index (χ1) is 9.79. The highest BCUT2D eigenvalue weighted by molar-refractivity contribution is 7.99. The molecule has 1 heterocycles. The third-order valence-corrected chi connectivity index (χ3v) is 5.65. The maximum absolute atomic E-state index is 6.24. The Labute approximate surface area is 129 Å². The molecule has 0 amide bonds. The summed E-state index contributed by atoms with van der Waals surface area (Å²) in [6.45, 7) is 3.03. The highest BCUT2D eigenvalue weighted by Gasteiger charge is 2.27. The summed E-state index contributed by atoms with van der Waals surface area (Å²) in [4.78, 5) is 0. The van der Waals surface area contributed by atoms with E-state index in [-0.39, 0.29) is 0 Å². The molecule has 1 aliphatic carbocycles. The van der Waals surface area contributed by atoms with Crippen molar-refractivity contribution in [3.05, 3.63) is 35.0 Å². The van der Waals surface area contributed by atoms with Gasteiger partial charge in [0.15, 0.2) is 5.22 Å². The number of hydrogen-bond donors (Lipinski definition) is 1. The van der Waals surface area contributed by atoms with Gasteiger partial charge in [0.2, 0.25) is 0 Å². The van der Waals surface area contributed by atoms with Crippen molar-refractivity contribution in [2.75, 3.05) is 5.75 Å². The predicted molar refractivity (Wildman–Crippen MR) is 87.6 cm³/mol. The first-order valence-electron chi connectivity index (χ1n) is 7.30. The minimum absolute atomic E-state index is 0.524. The van der Waals surface area contributed by atoms with Gasteiger partial charge in [-0.15, -0.1) is 0 Å². The van der Waals surface area contributed by atoms with Gasteiger partial charge in [-0.25, -0.2) is 0 Å². The Morgan fingerprint density at radius 1 is 1.35 bits per heavy atom. The summed E-state index contributed by atoms with van der Waals surface area (Å²) >= 11 is 8.31. The van der Waals surface area contributed by atoms with Crippen molar-refractivity contribution >= 4 is 34.3 Å². The molecule has 0 saturated heterocycles. The zero-order valence-electron chi connectivity index (χ0n) is 11.7. The highest BCUT2D eigenvalue weighted by Crippen LogP contribution is 2.32. The molecule has 0 spiro atoms. The van der Waals surface area contributed by atoms with Crippen LogP contribution in [0.1, 0.15) is 31.7 Å². The van der Waals surface area contributed by atoms with E-state index in [0.717, 1.165) is 28.3 Å². The molecule has 0 bridgehead atoms.